The number of nitrogens with zero attached hydrogens (tertiary/aromatic N) is 16. The van der Waals surface area contributed by atoms with Crippen molar-refractivity contribution in [2.75, 3.05) is 103 Å². The number of carboxylic acids is 1. The number of rotatable bonds is 18. The third-order valence-corrected chi connectivity index (χ3v) is 24.4. The van der Waals surface area contributed by atoms with Crippen LogP contribution in [0.5, 0.6) is 0 Å². The van der Waals surface area contributed by atoms with Crippen molar-refractivity contribution in [3.8, 4) is 0 Å². The SMILES string of the molecule is CC1(C2CNC2)CC1.CCC1(C2CN(c3cnc(C(=O)Nc4cc(F)c5nc(C)cn5c4)cn3)C2)CC1.CCC1(C2CN(c3cnc(C(=O)Nc4cc(F)c5nc(C)cn5c4)cn3)C2)CC1.CCC1(C2CN(c3cnc(C(=O)O)cn3)C2)CC1.COC(=O)c1cnc(N2CC(C3(C)CC3)C2)cn1. The number of aromatic nitrogens is 12. The van der Waals surface area contributed by atoms with Gasteiger partial charge in [-0.05, 0) is 148 Å². The summed E-state index contributed by atoms with van der Waals surface area (Å²) in [6.07, 6.45) is 36.5. The predicted molar refractivity (Wildman–Crippen MR) is 382 cm³/mol. The highest BCUT2D eigenvalue weighted by molar-refractivity contribution is 6.03. The summed E-state index contributed by atoms with van der Waals surface area (Å²) >= 11 is 0. The topological polar surface area (TPSA) is 285 Å². The van der Waals surface area contributed by atoms with Crippen LogP contribution >= 0.6 is 0 Å². The van der Waals surface area contributed by atoms with E-state index in [-0.39, 0.29) is 34.1 Å². The highest BCUT2D eigenvalue weighted by atomic mass is 19.1. The summed E-state index contributed by atoms with van der Waals surface area (Å²) in [6.45, 7) is 26.0. The molecule has 102 heavy (non-hydrogen) atoms. The number of carbonyl (C=O) groups is 4. The second kappa shape index (κ2) is 27.8. The van der Waals surface area contributed by atoms with Crippen LogP contribution in [0.1, 0.15) is 171 Å². The molecule has 0 bridgehead atoms. The fraction of sp³-hybridized carbons (Fsp3) is 0.547. The number of amides is 2. The summed E-state index contributed by atoms with van der Waals surface area (Å²) in [5.41, 5.74) is 6.28. The van der Waals surface area contributed by atoms with Gasteiger partial charge in [0, 0.05) is 89.3 Å². The lowest BCUT2D eigenvalue weighted by Crippen LogP contribution is -2.51. The first-order valence-electron chi connectivity index (χ1n) is 36.3. The van der Waals surface area contributed by atoms with Crippen molar-refractivity contribution in [2.24, 2.45) is 56.7 Å². The monoisotopic (exact) mass is 1390 g/mol. The Bertz CT molecular complexity index is 4200. The van der Waals surface area contributed by atoms with Crippen LogP contribution in [0.4, 0.5) is 43.4 Å². The highest BCUT2D eigenvalue weighted by Gasteiger charge is 2.55. The molecule has 25 nitrogen and oxygen atoms in total. The first kappa shape index (κ1) is 69.7. The Morgan fingerprint density at radius 2 is 0.814 bits per heavy atom. The highest BCUT2D eigenvalue weighted by Crippen LogP contribution is 2.60. The fourth-order valence-corrected chi connectivity index (χ4v) is 15.3. The molecule has 0 radical (unpaired) electrons. The maximum Gasteiger partial charge on any atom is 0.358 e. The molecule has 0 spiro atoms. The molecule has 4 N–H and O–H groups in total. The van der Waals surface area contributed by atoms with Gasteiger partial charge in [-0.3, -0.25) is 9.59 Å². The standard InChI is InChI=1S/2C21H23FN6O.2C13H17N3O2.C7H13N/c2*1-3-21(4-5-21)14-10-27(11-14)18-8-23-17(7-24-18)20(29)26-15-6-16(22)19-25-13(2)9-28(19)12-15;1-13(3-4-13)9-7-16(8-9)11-6-14-10(5-15-11)12(17)18-2;1-2-13(3-4-13)9-7-16(8-9)11-6-14-10(5-15-11)12(17)18;1-7(2-3-7)6-4-8-5-6/h2*6-9,12,14H,3-5,10-11H2,1-2H3,(H,26,29);5-6,9H,3-4,7-8H2,1-2H3;5-6,9H,2-4,7-8H2,1H3,(H,17,18);6,8H,2-5H2,1H3. The zero-order valence-corrected chi connectivity index (χ0v) is 59.6. The number of nitrogens with one attached hydrogen (secondary N) is 3. The van der Waals surface area contributed by atoms with Crippen LogP contribution < -0.4 is 35.6 Å². The van der Waals surface area contributed by atoms with Gasteiger partial charge < -0.3 is 54.2 Å². The van der Waals surface area contributed by atoms with E-state index in [9.17, 15) is 28.0 Å². The molecule has 538 valence electrons. The maximum absolute atomic E-state index is 14.2. The second-order valence-electron chi connectivity index (χ2n) is 30.8. The van der Waals surface area contributed by atoms with Crippen LogP contribution in [0, 0.1) is 82.1 Å². The minimum absolute atomic E-state index is 0.00282. The number of methoxy groups -OCH3 is 1. The predicted octanol–water partition coefficient (Wildman–Crippen LogP) is 11.2. The van der Waals surface area contributed by atoms with Gasteiger partial charge in [-0.15, -0.1) is 0 Å². The number of esters is 1. The summed E-state index contributed by atoms with van der Waals surface area (Å²) < 4.78 is 36.1. The summed E-state index contributed by atoms with van der Waals surface area (Å²) in [7, 11) is 1.34. The van der Waals surface area contributed by atoms with Gasteiger partial charge in [0.05, 0.1) is 79.4 Å². The van der Waals surface area contributed by atoms with Crippen molar-refractivity contribution in [1.29, 1.82) is 0 Å². The van der Waals surface area contributed by atoms with E-state index < -0.39 is 35.4 Å². The number of carboxylic acid groups (broad SMARTS) is 1. The van der Waals surface area contributed by atoms with Crippen molar-refractivity contribution in [3.63, 3.8) is 0 Å². The minimum Gasteiger partial charge on any atom is -0.476 e. The molecule has 10 fully saturated rings. The Labute approximate surface area is 592 Å². The van der Waals surface area contributed by atoms with E-state index in [1.165, 1.54) is 141 Å². The Morgan fingerprint density at radius 1 is 0.480 bits per heavy atom. The third kappa shape index (κ3) is 14.7. The van der Waals surface area contributed by atoms with Crippen molar-refractivity contribution in [2.45, 2.75) is 132 Å². The first-order chi connectivity index (χ1) is 49.0. The number of ether oxygens (including phenoxy) is 1. The number of aromatic carboxylic acids is 1. The summed E-state index contributed by atoms with van der Waals surface area (Å²) in [5.74, 6) is 4.01. The van der Waals surface area contributed by atoms with Crippen LogP contribution in [0.15, 0.2) is 86.5 Å². The Kier molecular flexibility index (Phi) is 19.0. The lowest BCUT2D eigenvalue weighted by Gasteiger charge is -2.44. The van der Waals surface area contributed by atoms with Gasteiger partial charge in [-0.25, -0.2) is 68.2 Å². The van der Waals surface area contributed by atoms with Crippen LogP contribution in [0.2, 0.25) is 0 Å². The first-order valence-corrected chi connectivity index (χ1v) is 36.3. The van der Waals surface area contributed by atoms with Crippen molar-refractivity contribution < 1.29 is 37.8 Å². The lowest BCUT2D eigenvalue weighted by molar-refractivity contribution is 0.0592. The van der Waals surface area contributed by atoms with Crippen LogP contribution in [-0.2, 0) is 4.74 Å². The molecule has 0 unspecified atom stereocenters. The van der Waals surface area contributed by atoms with Crippen LogP contribution in [0.25, 0.3) is 11.3 Å². The number of hydrogen-bond acceptors (Lipinski definition) is 20. The number of carbonyl (C=O) groups excluding carboxylic acids is 3. The molecule has 5 saturated heterocycles. The van der Waals surface area contributed by atoms with Gasteiger partial charge in [0.15, 0.2) is 34.3 Å². The van der Waals surface area contributed by atoms with E-state index in [0.29, 0.717) is 44.4 Å². The number of hydrogen-bond donors (Lipinski definition) is 4. The van der Waals surface area contributed by atoms with Crippen molar-refractivity contribution in [1.82, 2.24) is 64.0 Å². The quantitative estimate of drug-likeness (QED) is 0.0581. The molecule has 27 heteroatoms. The van der Waals surface area contributed by atoms with E-state index >= 15 is 0 Å². The Balaban J connectivity index is 0.000000113. The molecule has 13 heterocycles. The number of anilines is 6. The van der Waals surface area contributed by atoms with E-state index in [1.807, 2.05) is 0 Å². The molecule has 18 rings (SSSR count). The van der Waals surface area contributed by atoms with Gasteiger partial charge in [-0.1, -0.05) is 53.9 Å². The second-order valence-corrected chi connectivity index (χ2v) is 30.8. The molecule has 5 saturated carbocycles. The number of pyridine rings is 2. The normalized spacial score (nSPS) is 20.5. The largest absolute Gasteiger partial charge is 0.476 e. The third-order valence-electron chi connectivity index (χ3n) is 24.4. The van der Waals surface area contributed by atoms with Crippen molar-refractivity contribution in [3.05, 3.63) is 132 Å². The molecule has 8 aromatic rings. The van der Waals surface area contributed by atoms with Crippen LogP contribution in [0.3, 0.4) is 0 Å². The van der Waals surface area contributed by atoms with E-state index in [4.69, 9.17) is 5.11 Å². The Morgan fingerprint density at radius 3 is 1.09 bits per heavy atom. The summed E-state index contributed by atoms with van der Waals surface area (Å²) in [4.78, 5) is 97.7. The van der Waals surface area contributed by atoms with Gasteiger partial charge in [0.2, 0.25) is 0 Å². The van der Waals surface area contributed by atoms with Gasteiger partial charge in [0.1, 0.15) is 34.7 Å². The molecular formula is C75H93F2N19O6. The average Bonchev–Trinajstić information content (AvgIpc) is 1.59. The van der Waals surface area contributed by atoms with Gasteiger partial charge in [0.25, 0.3) is 11.8 Å². The number of halogens is 2. The molecule has 5 aliphatic carbocycles. The smallest absolute Gasteiger partial charge is 0.358 e. The molecule has 8 aromatic heterocycles. The molecule has 2 amide bonds. The van der Waals surface area contributed by atoms with E-state index in [0.717, 1.165) is 111 Å². The molecule has 5 aliphatic heterocycles. The molecule has 10 aliphatic rings. The summed E-state index contributed by atoms with van der Waals surface area (Å²) in [6, 6.07) is 2.51. The zero-order valence-electron chi connectivity index (χ0n) is 59.6. The van der Waals surface area contributed by atoms with Gasteiger partial charge >= 0.3 is 11.9 Å². The van der Waals surface area contributed by atoms with E-state index in [1.54, 1.807) is 72.2 Å². The van der Waals surface area contributed by atoms with E-state index in [2.05, 4.69) is 125 Å². The van der Waals surface area contributed by atoms with Crippen molar-refractivity contribution >= 4 is 69.7 Å². The summed E-state index contributed by atoms with van der Waals surface area (Å²) in [5, 5.41) is 17.4. The zero-order chi connectivity index (χ0) is 71.5. The maximum atomic E-state index is 14.2. The average molecular weight is 1390 g/mol. The molecular weight excluding hydrogens is 1300 g/mol. The minimum atomic E-state index is -1.03. The Hall–Kier alpha value is -9.40. The van der Waals surface area contributed by atoms with Crippen LogP contribution in [-0.4, -0.2) is 160 Å². The lowest BCUT2D eigenvalue weighted by atomic mass is 9.81. The fourth-order valence-electron chi connectivity index (χ4n) is 15.3. The number of fused-ring (bicyclic) bond motifs is 2. The van der Waals surface area contributed by atoms with Gasteiger partial charge in [-0.2, -0.15) is 0 Å². The molecule has 0 aromatic carbocycles. The molecule has 0 atom stereocenters. The number of imidazole rings is 2. The number of aryl methyl sites for hydroxylation is 2.